The van der Waals surface area contributed by atoms with Crippen molar-refractivity contribution in [2.75, 3.05) is 13.2 Å². The topological polar surface area (TPSA) is 83.1 Å². The van der Waals surface area contributed by atoms with Crippen LogP contribution in [0.25, 0.3) is 0 Å². The second-order valence-electron chi connectivity index (χ2n) is 8.53. The Balaban J connectivity index is 3.45. The summed E-state index contributed by atoms with van der Waals surface area (Å²) in [6.45, 7) is 15.2. The summed E-state index contributed by atoms with van der Waals surface area (Å²) in [5.41, 5.74) is 0.0468. The van der Waals surface area contributed by atoms with E-state index >= 15 is 0 Å². The van der Waals surface area contributed by atoms with Gasteiger partial charge < -0.3 is 23.5 Å². The first-order chi connectivity index (χ1) is 13.3. The standard InChI is InChI=1S/C20H36NO6PSi/c1-9-24-28(23,25-10-2)18(27-29(6,7)8)17(16-14-12-11-13-15-16)21-19(22)26-20(3,4)5/h11-15,17-18H,9-10H2,1-8H3,(H,21,22)/t17-,18+/m0/s1. The van der Waals surface area contributed by atoms with Gasteiger partial charge in [0.05, 0.1) is 19.3 Å². The number of amides is 1. The zero-order valence-electron chi connectivity index (χ0n) is 18.9. The summed E-state index contributed by atoms with van der Waals surface area (Å²) in [5, 5.41) is 2.84. The molecule has 0 aliphatic heterocycles. The first kappa shape index (κ1) is 25.9. The van der Waals surface area contributed by atoms with Gasteiger partial charge in [0.2, 0.25) is 0 Å². The SMILES string of the molecule is CCOP(=O)(OCC)[C@@H](O[Si](C)(C)C)[C@@H](NC(=O)OC(C)(C)C)c1ccccc1. The average Bonchev–Trinajstić information content (AvgIpc) is 2.57. The largest absolute Gasteiger partial charge is 0.444 e. The van der Waals surface area contributed by atoms with E-state index in [0.29, 0.717) is 0 Å². The van der Waals surface area contributed by atoms with Gasteiger partial charge in [0.15, 0.2) is 14.2 Å². The molecule has 0 spiro atoms. The van der Waals surface area contributed by atoms with Gasteiger partial charge in [0.1, 0.15) is 5.60 Å². The van der Waals surface area contributed by atoms with Crippen molar-refractivity contribution in [2.24, 2.45) is 0 Å². The van der Waals surface area contributed by atoms with Gasteiger partial charge >= 0.3 is 13.7 Å². The van der Waals surface area contributed by atoms with Gasteiger partial charge in [0, 0.05) is 0 Å². The molecule has 1 amide bonds. The second-order valence-corrected chi connectivity index (χ2v) is 15.1. The van der Waals surface area contributed by atoms with Crippen molar-refractivity contribution in [1.82, 2.24) is 5.32 Å². The average molecular weight is 446 g/mol. The third-order valence-corrected chi connectivity index (χ3v) is 6.94. The molecule has 2 atom stereocenters. The molecule has 166 valence electrons. The minimum Gasteiger partial charge on any atom is -0.444 e. The van der Waals surface area contributed by atoms with Crippen LogP contribution in [0.5, 0.6) is 0 Å². The van der Waals surface area contributed by atoms with Gasteiger partial charge in [-0.15, -0.1) is 0 Å². The van der Waals surface area contributed by atoms with Crippen molar-refractivity contribution < 1.29 is 27.6 Å². The fourth-order valence-corrected chi connectivity index (χ4v) is 6.66. The van der Waals surface area contributed by atoms with Crippen LogP contribution in [0.15, 0.2) is 30.3 Å². The lowest BCUT2D eigenvalue weighted by Gasteiger charge is -2.37. The minimum atomic E-state index is -3.71. The number of benzene rings is 1. The summed E-state index contributed by atoms with van der Waals surface area (Å²) in [5.74, 6) is -1.01. The molecule has 1 aromatic carbocycles. The fraction of sp³-hybridized carbons (Fsp3) is 0.650. The lowest BCUT2D eigenvalue weighted by atomic mass is 10.1. The molecule has 7 nitrogen and oxygen atoms in total. The number of hydrogen-bond donors (Lipinski definition) is 1. The maximum Gasteiger partial charge on any atom is 0.408 e. The highest BCUT2D eigenvalue weighted by Crippen LogP contribution is 2.58. The molecule has 9 heteroatoms. The van der Waals surface area contributed by atoms with Crippen LogP contribution in [0.3, 0.4) is 0 Å². The number of nitrogens with one attached hydrogen (secondary N) is 1. The molecule has 0 bridgehead atoms. The Labute approximate surface area is 176 Å². The van der Waals surface area contributed by atoms with Crippen molar-refractivity contribution in [3.8, 4) is 0 Å². The van der Waals surface area contributed by atoms with Crippen molar-refractivity contribution in [2.45, 2.75) is 71.7 Å². The molecule has 0 aliphatic rings. The Morgan fingerprint density at radius 2 is 1.59 bits per heavy atom. The van der Waals surface area contributed by atoms with Gasteiger partial charge in [0.25, 0.3) is 0 Å². The lowest BCUT2D eigenvalue weighted by molar-refractivity contribution is 0.0458. The van der Waals surface area contributed by atoms with E-state index in [4.69, 9.17) is 18.2 Å². The Morgan fingerprint density at radius 1 is 1.07 bits per heavy atom. The summed E-state index contributed by atoms with van der Waals surface area (Å²) in [7, 11) is -5.92. The second kappa shape index (κ2) is 10.7. The van der Waals surface area contributed by atoms with E-state index in [-0.39, 0.29) is 13.2 Å². The molecule has 29 heavy (non-hydrogen) atoms. The molecule has 1 N–H and O–H groups in total. The van der Waals surface area contributed by atoms with E-state index in [1.54, 1.807) is 34.6 Å². The summed E-state index contributed by atoms with van der Waals surface area (Å²) in [6, 6.07) is 8.46. The molecule has 0 aromatic heterocycles. The fourth-order valence-electron chi connectivity index (χ4n) is 2.64. The van der Waals surface area contributed by atoms with Crippen LogP contribution in [-0.4, -0.2) is 39.1 Å². The van der Waals surface area contributed by atoms with E-state index in [1.165, 1.54) is 0 Å². The van der Waals surface area contributed by atoms with Gasteiger partial charge in [-0.3, -0.25) is 4.57 Å². The molecule has 0 aliphatic carbocycles. The number of carbonyl (C=O) groups excluding carboxylic acids is 1. The van der Waals surface area contributed by atoms with Crippen LogP contribution >= 0.6 is 7.60 Å². The quantitative estimate of drug-likeness (QED) is 0.368. The van der Waals surface area contributed by atoms with Crippen LogP contribution in [0.4, 0.5) is 4.79 Å². The molecule has 0 fully saturated rings. The summed E-state index contributed by atoms with van der Waals surface area (Å²) >= 11 is 0. The summed E-state index contributed by atoms with van der Waals surface area (Å²) in [6.07, 6.45) is -0.630. The molecular formula is C20H36NO6PSi. The molecule has 1 rings (SSSR count). The van der Waals surface area contributed by atoms with Crippen LogP contribution in [0, 0.1) is 0 Å². The number of rotatable bonds is 10. The van der Waals surface area contributed by atoms with E-state index in [2.05, 4.69) is 5.32 Å². The van der Waals surface area contributed by atoms with E-state index < -0.39 is 39.5 Å². The molecule has 0 saturated carbocycles. The Hall–Kier alpha value is -1.18. The Morgan fingerprint density at radius 3 is 2.00 bits per heavy atom. The molecule has 0 saturated heterocycles. The predicted molar refractivity (Wildman–Crippen MR) is 118 cm³/mol. The number of carbonyl (C=O) groups is 1. The minimum absolute atomic E-state index is 0.191. The smallest absolute Gasteiger partial charge is 0.408 e. The number of alkyl carbamates (subject to hydrolysis) is 1. The van der Waals surface area contributed by atoms with E-state index in [1.807, 2.05) is 50.0 Å². The van der Waals surface area contributed by atoms with Gasteiger partial charge in [-0.1, -0.05) is 30.3 Å². The number of ether oxygens (including phenoxy) is 1. The van der Waals surface area contributed by atoms with E-state index in [0.717, 1.165) is 5.56 Å². The van der Waals surface area contributed by atoms with Gasteiger partial charge in [-0.05, 0) is 59.8 Å². The van der Waals surface area contributed by atoms with Crippen molar-refractivity contribution in [1.29, 1.82) is 0 Å². The third-order valence-electron chi connectivity index (χ3n) is 3.52. The van der Waals surface area contributed by atoms with Crippen molar-refractivity contribution >= 4 is 22.0 Å². The van der Waals surface area contributed by atoms with Crippen LogP contribution in [0.1, 0.15) is 46.2 Å². The molecule has 0 unspecified atom stereocenters. The highest BCUT2D eigenvalue weighted by Gasteiger charge is 2.46. The maximum absolute atomic E-state index is 13.7. The predicted octanol–water partition coefficient (Wildman–Crippen LogP) is 5.70. The Kier molecular flexibility index (Phi) is 9.56. The highest BCUT2D eigenvalue weighted by atomic mass is 31.2. The zero-order valence-corrected chi connectivity index (χ0v) is 20.7. The van der Waals surface area contributed by atoms with E-state index in [9.17, 15) is 9.36 Å². The third kappa shape index (κ3) is 9.01. The molecular weight excluding hydrogens is 409 g/mol. The summed E-state index contributed by atoms with van der Waals surface area (Å²) in [4.78, 5) is 12.6. The van der Waals surface area contributed by atoms with Gasteiger partial charge in [-0.2, -0.15) is 0 Å². The molecule has 0 heterocycles. The first-order valence-corrected chi connectivity index (χ1v) is 14.9. The van der Waals surface area contributed by atoms with Gasteiger partial charge in [-0.25, -0.2) is 4.79 Å². The monoisotopic (exact) mass is 445 g/mol. The van der Waals surface area contributed by atoms with Crippen LogP contribution in [0.2, 0.25) is 19.6 Å². The normalized spacial score (nSPS) is 14.9. The van der Waals surface area contributed by atoms with Crippen molar-refractivity contribution in [3.05, 3.63) is 35.9 Å². The van der Waals surface area contributed by atoms with Crippen LogP contribution in [-0.2, 0) is 22.8 Å². The van der Waals surface area contributed by atoms with Crippen molar-refractivity contribution in [3.63, 3.8) is 0 Å². The first-order valence-electron chi connectivity index (χ1n) is 9.92. The zero-order chi connectivity index (χ0) is 22.3. The highest BCUT2D eigenvalue weighted by molar-refractivity contribution is 7.54. The summed E-state index contributed by atoms with van der Waals surface area (Å²) < 4.78 is 36.7. The maximum atomic E-state index is 13.7. The Bertz CT molecular complexity index is 676. The molecule has 1 aromatic rings. The molecule has 0 radical (unpaired) electrons. The number of hydrogen-bond acceptors (Lipinski definition) is 6. The van der Waals surface area contributed by atoms with Crippen LogP contribution < -0.4 is 5.32 Å². The lowest BCUT2D eigenvalue weighted by Crippen LogP contribution is -2.44.